The minimum Gasteiger partial charge on any atom is -0.399 e. The number of amides is 1. The van der Waals surface area contributed by atoms with Crippen molar-refractivity contribution < 1.29 is 4.79 Å². The highest BCUT2D eigenvalue weighted by Gasteiger charge is 2.08. The average molecular weight is 178 g/mol. The van der Waals surface area contributed by atoms with Gasteiger partial charge in [-0.1, -0.05) is 6.92 Å². The Labute approximate surface area is 77.7 Å². The molecule has 3 nitrogen and oxygen atoms in total. The van der Waals surface area contributed by atoms with E-state index in [4.69, 9.17) is 11.5 Å². The van der Waals surface area contributed by atoms with E-state index in [2.05, 4.69) is 0 Å². The van der Waals surface area contributed by atoms with Crippen molar-refractivity contribution in [3.8, 4) is 0 Å². The molecule has 70 valence electrons. The SMILES string of the molecule is CCc1cc(N)cc(C(N)=O)c1C. The zero-order valence-corrected chi connectivity index (χ0v) is 7.92. The lowest BCUT2D eigenvalue weighted by molar-refractivity contribution is 0.0999. The molecule has 4 N–H and O–H groups in total. The number of rotatable bonds is 2. The molecule has 13 heavy (non-hydrogen) atoms. The van der Waals surface area contributed by atoms with Crippen LogP contribution < -0.4 is 11.5 Å². The van der Waals surface area contributed by atoms with Crippen molar-refractivity contribution in [3.63, 3.8) is 0 Å². The van der Waals surface area contributed by atoms with Crippen LogP contribution in [0.4, 0.5) is 5.69 Å². The van der Waals surface area contributed by atoms with Crippen molar-refractivity contribution in [3.05, 3.63) is 28.8 Å². The van der Waals surface area contributed by atoms with Crippen LogP contribution in [0.5, 0.6) is 0 Å². The minimum absolute atomic E-state index is 0.417. The molecule has 0 aromatic heterocycles. The number of aryl methyl sites for hydroxylation is 1. The number of primary amides is 1. The zero-order valence-electron chi connectivity index (χ0n) is 7.92. The number of nitrogens with two attached hydrogens (primary N) is 2. The van der Waals surface area contributed by atoms with E-state index >= 15 is 0 Å². The summed E-state index contributed by atoms with van der Waals surface area (Å²) in [5, 5.41) is 0. The van der Waals surface area contributed by atoms with Crippen molar-refractivity contribution in [2.24, 2.45) is 5.73 Å². The van der Waals surface area contributed by atoms with Gasteiger partial charge in [0.25, 0.3) is 0 Å². The van der Waals surface area contributed by atoms with E-state index in [0.29, 0.717) is 11.3 Å². The van der Waals surface area contributed by atoms with Gasteiger partial charge in [0.1, 0.15) is 0 Å². The highest BCUT2D eigenvalue weighted by molar-refractivity contribution is 5.95. The maximum Gasteiger partial charge on any atom is 0.249 e. The summed E-state index contributed by atoms with van der Waals surface area (Å²) in [7, 11) is 0. The molecule has 1 rings (SSSR count). The molecule has 0 saturated carbocycles. The molecule has 0 radical (unpaired) electrons. The smallest absolute Gasteiger partial charge is 0.249 e. The Bertz CT molecular complexity index is 345. The predicted molar refractivity (Wildman–Crippen MR) is 53.5 cm³/mol. The van der Waals surface area contributed by atoms with Crippen molar-refractivity contribution in [2.75, 3.05) is 5.73 Å². The van der Waals surface area contributed by atoms with Gasteiger partial charge in [0.15, 0.2) is 0 Å². The van der Waals surface area contributed by atoms with Crippen molar-refractivity contribution in [2.45, 2.75) is 20.3 Å². The molecule has 0 heterocycles. The molecule has 0 spiro atoms. The normalized spacial score (nSPS) is 10.0. The molecule has 1 amide bonds. The average Bonchev–Trinajstić information content (AvgIpc) is 2.08. The second-order valence-electron chi connectivity index (χ2n) is 3.07. The lowest BCUT2D eigenvalue weighted by Crippen LogP contribution is -2.14. The van der Waals surface area contributed by atoms with E-state index in [1.54, 1.807) is 6.07 Å². The number of carbonyl (C=O) groups is 1. The number of nitrogen functional groups attached to an aromatic ring is 1. The minimum atomic E-state index is -0.417. The van der Waals surface area contributed by atoms with Crippen LogP contribution in [0.3, 0.4) is 0 Å². The van der Waals surface area contributed by atoms with Crippen LogP contribution in [0.15, 0.2) is 12.1 Å². The van der Waals surface area contributed by atoms with E-state index in [9.17, 15) is 4.79 Å². The molecule has 0 saturated heterocycles. The topological polar surface area (TPSA) is 69.1 Å². The fourth-order valence-electron chi connectivity index (χ4n) is 1.42. The highest BCUT2D eigenvalue weighted by Crippen LogP contribution is 2.18. The third-order valence-corrected chi connectivity index (χ3v) is 2.18. The Balaban J connectivity index is 3.35. The first-order valence-corrected chi connectivity index (χ1v) is 4.25. The van der Waals surface area contributed by atoms with Crippen LogP contribution in [-0.2, 0) is 6.42 Å². The summed E-state index contributed by atoms with van der Waals surface area (Å²) in [6.45, 7) is 3.91. The van der Waals surface area contributed by atoms with Crippen LogP contribution in [0, 0.1) is 6.92 Å². The fourth-order valence-corrected chi connectivity index (χ4v) is 1.42. The molecule has 1 aromatic carbocycles. The van der Waals surface area contributed by atoms with Crippen LogP contribution in [0.25, 0.3) is 0 Å². The molecule has 0 atom stereocenters. The summed E-state index contributed by atoms with van der Waals surface area (Å²) in [6, 6.07) is 3.50. The van der Waals surface area contributed by atoms with Gasteiger partial charge in [-0.3, -0.25) is 4.79 Å². The zero-order chi connectivity index (χ0) is 10.0. The summed E-state index contributed by atoms with van der Waals surface area (Å²) >= 11 is 0. The second kappa shape index (κ2) is 3.47. The van der Waals surface area contributed by atoms with Gasteiger partial charge in [0.05, 0.1) is 0 Å². The summed E-state index contributed by atoms with van der Waals surface area (Å²) in [5.41, 5.74) is 14.0. The molecular weight excluding hydrogens is 164 g/mol. The first-order chi connectivity index (χ1) is 6.06. The monoisotopic (exact) mass is 178 g/mol. The van der Waals surface area contributed by atoms with Crippen molar-refractivity contribution >= 4 is 11.6 Å². The quantitative estimate of drug-likeness (QED) is 0.669. The Morgan fingerprint density at radius 1 is 1.46 bits per heavy atom. The Hall–Kier alpha value is -1.51. The number of benzene rings is 1. The lowest BCUT2D eigenvalue weighted by Gasteiger charge is -2.08. The largest absolute Gasteiger partial charge is 0.399 e. The van der Waals surface area contributed by atoms with Gasteiger partial charge in [-0.25, -0.2) is 0 Å². The highest BCUT2D eigenvalue weighted by atomic mass is 16.1. The molecule has 0 aliphatic heterocycles. The molecule has 0 aliphatic carbocycles. The molecule has 0 unspecified atom stereocenters. The Morgan fingerprint density at radius 3 is 2.54 bits per heavy atom. The van der Waals surface area contributed by atoms with Crippen LogP contribution in [-0.4, -0.2) is 5.91 Å². The molecule has 0 fully saturated rings. The van der Waals surface area contributed by atoms with E-state index in [0.717, 1.165) is 17.5 Å². The molecular formula is C10H14N2O. The summed E-state index contributed by atoms with van der Waals surface area (Å²) in [6.07, 6.45) is 0.858. The summed E-state index contributed by atoms with van der Waals surface area (Å²) in [4.78, 5) is 11.0. The maximum atomic E-state index is 11.0. The standard InChI is InChI=1S/C10H14N2O/c1-3-7-4-8(11)5-9(6(7)2)10(12)13/h4-5H,3,11H2,1-2H3,(H2,12,13). The fraction of sp³-hybridized carbons (Fsp3) is 0.300. The molecule has 3 heteroatoms. The van der Waals surface area contributed by atoms with E-state index in [-0.39, 0.29) is 0 Å². The Morgan fingerprint density at radius 2 is 2.08 bits per heavy atom. The number of carbonyl (C=O) groups excluding carboxylic acids is 1. The van der Waals surface area contributed by atoms with Crippen molar-refractivity contribution in [1.29, 1.82) is 0 Å². The van der Waals surface area contributed by atoms with Gasteiger partial charge in [-0.15, -0.1) is 0 Å². The van der Waals surface area contributed by atoms with Gasteiger partial charge >= 0.3 is 0 Å². The third-order valence-electron chi connectivity index (χ3n) is 2.18. The van der Waals surface area contributed by atoms with Crippen LogP contribution in [0.1, 0.15) is 28.4 Å². The predicted octanol–water partition coefficient (Wildman–Crippen LogP) is 1.24. The van der Waals surface area contributed by atoms with Gasteiger partial charge in [-0.05, 0) is 36.6 Å². The van der Waals surface area contributed by atoms with Gasteiger partial charge in [-0.2, -0.15) is 0 Å². The third kappa shape index (κ3) is 1.80. The molecule has 1 aromatic rings. The van der Waals surface area contributed by atoms with E-state index in [1.807, 2.05) is 19.9 Å². The Kier molecular flexibility index (Phi) is 2.56. The maximum absolute atomic E-state index is 11.0. The number of hydrogen-bond donors (Lipinski definition) is 2. The van der Waals surface area contributed by atoms with Gasteiger partial charge in [0.2, 0.25) is 5.91 Å². The van der Waals surface area contributed by atoms with Gasteiger partial charge < -0.3 is 11.5 Å². The molecule has 0 aliphatic rings. The van der Waals surface area contributed by atoms with Crippen LogP contribution >= 0.6 is 0 Å². The first kappa shape index (κ1) is 9.58. The molecule has 0 bridgehead atoms. The second-order valence-corrected chi connectivity index (χ2v) is 3.07. The van der Waals surface area contributed by atoms with Crippen molar-refractivity contribution in [1.82, 2.24) is 0 Å². The summed E-state index contributed by atoms with van der Waals surface area (Å²) in [5.74, 6) is -0.417. The number of anilines is 1. The van der Waals surface area contributed by atoms with Gasteiger partial charge in [0, 0.05) is 11.3 Å². The lowest BCUT2D eigenvalue weighted by atomic mass is 9.99. The van der Waals surface area contributed by atoms with E-state index < -0.39 is 5.91 Å². The summed E-state index contributed by atoms with van der Waals surface area (Å²) < 4.78 is 0. The van der Waals surface area contributed by atoms with E-state index in [1.165, 1.54) is 0 Å². The number of hydrogen-bond acceptors (Lipinski definition) is 2. The first-order valence-electron chi connectivity index (χ1n) is 4.25. The van der Waals surface area contributed by atoms with Crippen LogP contribution in [0.2, 0.25) is 0 Å².